The Balaban J connectivity index is 1.93. The molecule has 0 bridgehead atoms. The minimum absolute atomic E-state index is 0.578. The van der Waals surface area contributed by atoms with Crippen molar-refractivity contribution in [2.24, 2.45) is 0 Å². The molecule has 0 N–H and O–H groups in total. The Morgan fingerprint density at radius 2 is 1.93 bits per heavy atom. The van der Waals surface area contributed by atoms with Crippen molar-refractivity contribution in [3.8, 4) is 11.3 Å². The zero-order valence-electron chi connectivity index (χ0n) is 8.11. The summed E-state index contributed by atoms with van der Waals surface area (Å²) in [5.41, 5.74) is 1.08. The largest absolute Gasteiger partial charge is 0.440 e. The Hall–Kier alpha value is -1.09. The van der Waals surface area contributed by atoms with Gasteiger partial charge in [-0.25, -0.2) is 4.98 Å². The zero-order chi connectivity index (χ0) is 10.3. The molecule has 0 saturated heterocycles. The summed E-state index contributed by atoms with van der Waals surface area (Å²) in [5, 5.41) is 0. The molecular formula is C12H10BrNO. The molecule has 1 aliphatic rings. The molecular weight excluding hydrogens is 254 g/mol. The molecule has 0 radical (unpaired) electrons. The van der Waals surface area contributed by atoms with Gasteiger partial charge in [-0.2, -0.15) is 0 Å². The van der Waals surface area contributed by atoms with E-state index in [1.165, 1.54) is 12.8 Å². The van der Waals surface area contributed by atoms with Gasteiger partial charge in [-0.15, -0.1) is 0 Å². The van der Waals surface area contributed by atoms with E-state index in [9.17, 15) is 0 Å². The zero-order valence-corrected chi connectivity index (χ0v) is 9.70. The molecule has 15 heavy (non-hydrogen) atoms. The smallest absolute Gasteiger partial charge is 0.198 e. The van der Waals surface area contributed by atoms with E-state index in [4.69, 9.17) is 4.42 Å². The number of benzene rings is 1. The van der Waals surface area contributed by atoms with Crippen LogP contribution in [-0.4, -0.2) is 4.98 Å². The number of hydrogen-bond acceptors (Lipinski definition) is 2. The molecule has 1 fully saturated rings. The van der Waals surface area contributed by atoms with Crippen LogP contribution in [0.15, 0.2) is 39.4 Å². The number of hydrogen-bond donors (Lipinski definition) is 0. The molecule has 0 atom stereocenters. The van der Waals surface area contributed by atoms with Crippen molar-refractivity contribution >= 4 is 15.9 Å². The van der Waals surface area contributed by atoms with E-state index >= 15 is 0 Å². The van der Waals surface area contributed by atoms with Gasteiger partial charge in [0.1, 0.15) is 0 Å². The van der Waals surface area contributed by atoms with E-state index in [1.54, 1.807) is 0 Å². The summed E-state index contributed by atoms with van der Waals surface area (Å²) in [4.78, 5) is 4.30. The van der Waals surface area contributed by atoms with Gasteiger partial charge in [0.2, 0.25) is 0 Å². The van der Waals surface area contributed by atoms with E-state index in [-0.39, 0.29) is 0 Å². The molecule has 1 aromatic carbocycles. The Bertz CT molecular complexity index is 471. The van der Waals surface area contributed by atoms with Crippen molar-refractivity contribution < 1.29 is 4.42 Å². The standard InChI is InChI=1S/C12H10BrNO/c13-10-5-3-8(4-6-10)11-7-14-12(15-11)9-1-2-9/h3-7,9H,1-2H2. The minimum atomic E-state index is 0.578. The van der Waals surface area contributed by atoms with Crippen molar-refractivity contribution in [1.29, 1.82) is 0 Å². The first-order valence-electron chi connectivity index (χ1n) is 5.04. The number of halogens is 1. The average molecular weight is 264 g/mol. The van der Waals surface area contributed by atoms with Gasteiger partial charge in [0, 0.05) is 16.0 Å². The summed E-state index contributed by atoms with van der Waals surface area (Å²) in [6, 6.07) is 8.08. The van der Waals surface area contributed by atoms with E-state index in [1.807, 2.05) is 30.5 Å². The highest BCUT2D eigenvalue weighted by atomic mass is 79.9. The second-order valence-corrected chi connectivity index (χ2v) is 4.76. The summed E-state index contributed by atoms with van der Waals surface area (Å²) in [7, 11) is 0. The SMILES string of the molecule is Brc1ccc(-c2cnc(C3CC3)o2)cc1. The predicted octanol–water partition coefficient (Wildman–Crippen LogP) is 3.98. The average Bonchev–Trinajstić information content (AvgIpc) is 2.99. The summed E-state index contributed by atoms with van der Waals surface area (Å²) in [6.45, 7) is 0. The van der Waals surface area contributed by atoms with Gasteiger partial charge in [-0.3, -0.25) is 0 Å². The summed E-state index contributed by atoms with van der Waals surface area (Å²) >= 11 is 3.41. The molecule has 0 amide bonds. The molecule has 2 aromatic rings. The second kappa shape index (κ2) is 3.49. The van der Waals surface area contributed by atoms with Gasteiger partial charge in [-0.1, -0.05) is 28.1 Å². The van der Waals surface area contributed by atoms with Crippen LogP contribution < -0.4 is 0 Å². The molecule has 0 spiro atoms. The molecule has 1 heterocycles. The molecule has 1 saturated carbocycles. The number of oxazole rings is 1. The van der Waals surface area contributed by atoms with E-state index in [0.717, 1.165) is 21.7 Å². The van der Waals surface area contributed by atoms with Crippen LogP contribution in [0.3, 0.4) is 0 Å². The molecule has 0 aliphatic heterocycles. The van der Waals surface area contributed by atoms with Gasteiger partial charge in [0.05, 0.1) is 6.20 Å². The molecule has 3 heteroatoms. The van der Waals surface area contributed by atoms with E-state index in [2.05, 4.69) is 20.9 Å². The maximum Gasteiger partial charge on any atom is 0.198 e. The number of nitrogens with zero attached hydrogens (tertiary/aromatic N) is 1. The molecule has 3 rings (SSSR count). The molecule has 76 valence electrons. The maximum atomic E-state index is 5.71. The third-order valence-corrected chi connectivity index (χ3v) is 3.11. The van der Waals surface area contributed by atoms with Crippen molar-refractivity contribution in [1.82, 2.24) is 4.98 Å². The van der Waals surface area contributed by atoms with Crippen LogP contribution >= 0.6 is 15.9 Å². The highest BCUT2D eigenvalue weighted by Gasteiger charge is 2.28. The summed E-state index contributed by atoms with van der Waals surface area (Å²) in [5.74, 6) is 2.34. The lowest BCUT2D eigenvalue weighted by molar-refractivity contribution is 0.509. The minimum Gasteiger partial charge on any atom is -0.440 e. The predicted molar refractivity (Wildman–Crippen MR) is 61.6 cm³/mol. The Kier molecular flexibility index (Phi) is 2.13. The number of rotatable bonds is 2. The van der Waals surface area contributed by atoms with Crippen LogP contribution in [0.25, 0.3) is 11.3 Å². The van der Waals surface area contributed by atoms with E-state index < -0.39 is 0 Å². The van der Waals surface area contributed by atoms with Crippen LogP contribution in [0.2, 0.25) is 0 Å². The Morgan fingerprint density at radius 3 is 2.60 bits per heavy atom. The first-order chi connectivity index (χ1) is 7.33. The molecule has 0 unspecified atom stereocenters. The lowest BCUT2D eigenvalue weighted by Crippen LogP contribution is -1.74. The molecule has 1 aliphatic carbocycles. The van der Waals surface area contributed by atoms with Crippen molar-refractivity contribution in [3.63, 3.8) is 0 Å². The van der Waals surface area contributed by atoms with Gasteiger partial charge in [0.25, 0.3) is 0 Å². The fraction of sp³-hybridized carbons (Fsp3) is 0.250. The van der Waals surface area contributed by atoms with Crippen molar-refractivity contribution in [2.45, 2.75) is 18.8 Å². The van der Waals surface area contributed by atoms with Gasteiger partial charge < -0.3 is 4.42 Å². The molecule has 1 aromatic heterocycles. The van der Waals surface area contributed by atoms with Crippen LogP contribution in [0, 0.1) is 0 Å². The third-order valence-electron chi connectivity index (χ3n) is 2.58. The Labute approximate surface area is 96.5 Å². The first-order valence-corrected chi connectivity index (χ1v) is 5.84. The lowest BCUT2D eigenvalue weighted by atomic mass is 10.2. The quantitative estimate of drug-likeness (QED) is 0.819. The van der Waals surface area contributed by atoms with Gasteiger partial charge in [-0.05, 0) is 25.0 Å². The normalized spacial score (nSPS) is 15.5. The van der Waals surface area contributed by atoms with Gasteiger partial charge in [0.15, 0.2) is 11.7 Å². The fourth-order valence-electron chi connectivity index (χ4n) is 1.55. The second-order valence-electron chi connectivity index (χ2n) is 3.84. The van der Waals surface area contributed by atoms with Crippen LogP contribution in [0.1, 0.15) is 24.7 Å². The molecule has 2 nitrogen and oxygen atoms in total. The first kappa shape index (κ1) is 9.16. The monoisotopic (exact) mass is 263 g/mol. The van der Waals surface area contributed by atoms with Crippen molar-refractivity contribution in [2.75, 3.05) is 0 Å². The Morgan fingerprint density at radius 1 is 1.20 bits per heavy atom. The summed E-state index contributed by atoms with van der Waals surface area (Å²) in [6.07, 6.45) is 4.26. The summed E-state index contributed by atoms with van der Waals surface area (Å²) < 4.78 is 6.78. The van der Waals surface area contributed by atoms with Gasteiger partial charge >= 0.3 is 0 Å². The van der Waals surface area contributed by atoms with Crippen LogP contribution in [-0.2, 0) is 0 Å². The maximum absolute atomic E-state index is 5.71. The van der Waals surface area contributed by atoms with Crippen LogP contribution in [0.5, 0.6) is 0 Å². The topological polar surface area (TPSA) is 26.0 Å². The highest BCUT2D eigenvalue weighted by Crippen LogP contribution is 2.40. The van der Waals surface area contributed by atoms with Crippen molar-refractivity contribution in [3.05, 3.63) is 40.8 Å². The lowest BCUT2D eigenvalue weighted by Gasteiger charge is -1.95. The van der Waals surface area contributed by atoms with Crippen LogP contribution in [0.4, 0.5) is 0 Å². The number of aromatic nitrogens is 1. The van der Waals surface area contributed by atoms with E-state index in [0.29, 0.717) is 5.92 Å². The fourth-order valence-corrected chi connectivity index (χ4v) is 1.82. The third kappa shape index (κ3) is 1.84. The highest BCUT2D eigenvalue weighted by molar-refractivity contribution is 9.10.